The molecule has 66 valence electrons. The van der Waals surface area contributed by atoms with Crippen LogP contribution in [0.3, 0.4) is 0 Å². The lowest BCUT2D eigenvalue weighted by molar-refractivity contribution is -0.145. The van der Waals surface area contributed by atoms with Crippen molar-refractivity contribution in [1.29, 1.82) is 0 Å². The van der Waals surface area contributed by atoms with Crippen LogP contribution in [0, 0.1) is 11.8 Å². The van der Waals surface area contributed by atoms with Gasteiger partial charge in [0.15, 0.2) is 0 Å². The first kappa shape index (κ1) is 10.7. The van der Waals surface area contributed by atoms with Crippen LogP contribution < -0.4 is 0 Å². The molecule has 0 N–H and O–H groups in total. The second kappa shape index (κ2) is 7.76. The van der Waals surface area contributed by atoms with Crippen molar-refractivity contribution in [1.82, 2.24) is 0 Å². The lowest BCUT2D eigenvalue weighted by Crippen LogP contribution is -2.10. The maximum Gasteiger partial charge on any atom is 0.331 e. The van der Waals surface area contributed by atoms with Crippen molar-refractivity contribution < 1.29 is 19.1 Å². The molecule has 0 spiro atoms. The molecular weight excluding hydrogens is 160 g/mol. The number of esters is 1. The second-order valence-electron chi connectivity index (χ2n) is 1.79. The van der Waals surface area contributed by atoms with E-state index in [1.54, 1.807) is 0 Å². The molecule has 0 aliphatic heterocycles. The van der Waals surface area contributed by atoms with Gasteiger partial charge in [-0.25, -0.2) is 4.79 Å². The Labute approximate surface area is 70.8 Å². The van der Waals surface area contributed by atoms with Gasteiger partial charge >= 0.3 is 5.97 Å². The minimum atomic E-state index is -0.438. The minimum Gasteiger partial charge on any atom is -0.467 e. The van der Waals surface area contributed by atoms with Gasteiger partial charge in [0.05, 0.1) is 13.5 Å². The Balaban J connectivity index is 3.28. The quantitative estimate of drug-likeness (QED) is 0.253. The Kier molecular flexibility index (Phi) is 6.90. The Morgan fingerprint density at radius 3 is 2.83 bits per heavy atom. The van der Waals surface area contributed by atoms with Gasteiger partial charge in [-0.1, -0.05) is 11.8 Å². The zero-order chi connectivity index (χ0) is 9.23. The number of carbonyl (C=O) groups is 2. The lowest BCUT2D eigenvalue weighted by Gasteiger charge is -1.96. The second-order valence-corrected chi connectivity index (χ2v) is 1.79. The molecule has 0 aliphatic rings. The number of hydrogen-bond donors (Lipinski definition) is 0. The topological polar surface area (TPSA) is 52.6 Å². The maximum atomic E-state index is 10.4. The van der Waals surface area contributed by atoms with E-state index in [4.69, 9.17) is 4.74 Å². The van der Waals surface area contributed by atoms with Gasteiger partial charge in [0.2, 0.25) is 0 Å². The van der Waals surface area contributed by atoms with Gasteiger partial charge in [-0.05, 0) is 0 Å². The molecule has 0 fully saturated rings. The Morgan fingerprint density at radius 1 is 1.50 bits per heavy atom. The van der Waals surface area contributed by atoms with E-state index in [2.05, 4.69) is 16.6 Å². The number of aldehydes is 1. The van der Waals surface area contributed by atoms with E-state index in [-0.39, 0.29) is 19.6 Å². The summed E-state index contributed by atoms with van der Waals surface area (Å²) in [5.41, 5.74) is 0. The van der Waals surface area contributed by atoms with Crippen LogP contribution in [0.2, 0.25) is 0 Å². The van der Waals surface area contributed by atoms with Crippen molar-refractivity contribution in [3.8, 4) is 11.8 Å². The third-order valence-corrected chi connectivity index (χ3v) is 0.932. The minimum absolute atomic E-state index is 0.105. The molecule has 0 rings (SSSR count). The average Bonchev–Trinajstić information content (AvgIpc) is 2.10. The molecule has 0 radical (unpaired) electrons. The molecule has 0 heterocycles. The summed E-state index contributed by atoms with van der Waals surface area (Å²) in [5, 5.41) is 0. The maximum absolute atomic E-state index is 10.4. The van der Waals surface area contributed by atoms with E-state index < -0.39 is 5.97 Å². The molecule has 0 aliphatic carbocycles. The van der Waals surface area contributed by atoms with Crippen molar-refractivity contribution in [2.45, 2.75) is 6.42 Å². The molecule has 0 bridgehead atoms. The Bertz CT molecular complexity index is 199. The summed E-state index contributed by atoms with van der Waals surface area (Å²) in [6.07, 6.45) is 0.898. The summed E-state index contributed by atoms with van der Waals surface area (Å²) in [5.74, 6) is 4.65. The zero-order valence-corrected chi connectivity index (χ0v) is 6.83. The Morgan fingerprint density at radius 2 is 2.25 bits per heavy atom. The number of methoxy groups -OCH3 is 1. The van der Waals surface area contributed by atoms with Crippen LogP contribution in [0.5, 0.6) is 0 Å². The summed E-state index contributed by atoms with van der Waals surface area (Å²) in [7, 11) is 1.28. The summed E-state index contributed by atoms with van der Waals surface area (Å²) < 4.78 is 9.08. The third kappa shape index (κ3) is 6.78. The normalized spacial score (nSPS) is 8.08. The van der Waals surface area contributed by atoms with Crippen LogP contribution in [0.25, 0.3) is 0 Å². The van der Waals surface area contributed by atoms with Crippen molar-refractivity contribution in [3.63, 3.8) is 0 Å². The predicted octanol–water partition coefficient (Wildman–Crippen LogP) is -0.232. The first-order valence-corrected chi connectivity index (χ1v) is 3.35. The van der Waals surface area contributed by atoms with E-state index >= 15 is 0 Å². The van der Waals surface area contributed by atoms with Crippen LogP contribution in [0.1, 0.15) is 6.42 Å². The van der Waals surface area contributed by atoms with Crippen molar-refractivity contribution in [2.24, 2.45) is 0 Å². The molecular formula is C8H10O4. The van der Waals surface area contributed by atoms with Gasteiger partial charge in [0, 0.05) is 0 Å². The SMILES string of the molecule is COC(=O)COCC#CCC=O. The Hall–Kier alpha value is -1.34. The summed E-state index contributed by atoms with van der Waals surface area (Å²) in [6.45, 7) is 0.0369. The number of carbonyl (C=O) groups excluding carboxylic acids is 2. The highest BCUT2D eigenvalue weighted by molar-refractivity contribution is 5.70. The fourth-order valence-electron chi connectivity index (χ4n) is 0.409. The largest absolute Gasteiger partial charge is 0.467 e. The highest BCUT2D eigenvalue weighted by Gasteiger charge is 1.96. The predicted molar refractivity (Wildman–Crippen MR) is 41.3 cm³/mol. The first-order chi connectivity index (χ1) is 5.81. The molecule has 0 aromatic rings. The van der Waals surface area contributed by atoms with E-state index in [0.717, 1.165) is 0 Å². The highest BCUT2D eigenvalue weighted by Crippen LogP contribution is 1.77. The molecule has 0 atom stereocenters. The molecule has 0 unspecified atom stereocenters. The number of ether oxygens (including phenoxy) is 2. The van der Waals surface area contributed by atoms with Crippen LogP contribution in [-0.2, 0) is 19.1 Å². The first-order valence-electron chi connectivity index (χ1n) is 3.35. The van der Waals surface area contributed by atoms with Gasteiger partial charge in [-0.3, -0.25) is 0 Å². The zero-order valence-electron chi connectivity index (χ0n) is 6.83. The molecule has 0 amide bonds. The molecule has 0 saturated heterocycles. The molecule has 4 nitrogen and oxygen atoms in total. The van der Waals surface area contributed by atoms with Gasteiger partial charge < -0.3 is 14.3 Å². The van der Waals surface area contributed by atoms with Gasteiger partial charge in [0.25, 0.3) is 0 Å². The summed E-state index contributed by atoms with van der Waals surface area (Å²) in [6, 6.07) is 0. The smallest absolute Gasteiger partial charge is 0.331 e. The van der Waals surface area contributed by atoms with Gasteiger partial charge in [-0.2, -0.15) is 0 Å². The fraction of sp³-hybridized carbons (Fsp3) is 0.500. The number of rotatable bonds is 4. The standard InChI is InChI=1S/C8H10O4/c1-11-8(10)7-12-6-4-2-3-5-9/h5H,3,6-7H2,1H3. The third-order valence-electron chi connectivity index (χ3n) is 0.932. The van der Waals surface area contributed by atoms with E-state index in [1.807, 2.05) is 0 Å². The van der Waals surface area contributed by atoms with E-state index in [9.17, 15) is 9.59 Å². The molecule has 0 aromatic carbocycles. The monoisotopic (exact) mass is 170 g/mol. The van der Waals surface area contributed by atoms with Crippen LogP contribution in [-0.4, -0.2) is 32.6 Å². The van der Waals surface area contributed by atoms with Crippen LogP contribution >= 0.6 is 0 Å². The lowest BCUT2D eigenvalue weighted by atomic mass is 10.5. The van der Waals surface area contributed by atoms with Crippen molar-refractivity contribution >= 4 is 12.3 Å². The molecule has 4 heteroatoms. The van der Waals surface area contributed by atoms with Crippen LogP contribution in [0.4, 0.5) is 0 Å². The summed E-state index contributed by atoms with van der Waals surface area (Å²) >= 11 is 0. The highest BCUT2D eigenvalue weighted by atomic mass is 16.6. The van der Waals surface area contributed by atoms with Gasteiger partial charge in [-0.15, -0.1) is 0 Å². The van der Waals surface area contributed by atoms with E-state index in [1.165, 1.54) is 7.11 Å². The van der Waals surface area contributed by atoms with Crippen LogP contribution in [0.15, 0.2) is 0 Å². The van der Waals surface area contributed by atoms with Crippen molar-refractivity contribution in [3.05, 3.63) is 0 Å². The van der Waals surface area contributed by atoms with E-state index in [0.29, 0.717) is 6.29 Å². The summed E-state index contributed by atoms with van der Waals surface area (Å²) in [4.78, 5) is 20.2. The molecule has 0 saturated carbocycles. The van der Waals surface area contributed by atoms with Crippen molar-refractivity contribution in [2.75, 3.05) is 20.3 Å². The molecule has 0 aromatic heterocycles. The number of hydrogen-bond acceptors (Lipinski definition) is 4. The van der Waals surface area contributed by atoms with Gasteiger partial charge in [0.1, 0.15) is 19.5 Å². The molecule has 12 heavy (non-hydrogen) atoms. The average molecular weight is 170 g/mol. The fourth-order valence-corrected chi connectivity index (χ4v) is 0.409.